The number of nitrogens with zero attached hydrogens (tertiary/aromatic N) is 3. The Labute approximate surface area is 82.6 Å². The third-order valence-corrected chi connectivity index (χ3v) is 2.85. The zero-order valence-corrected chi connectivity index (χ0v) is 8.77. The van der Waals surface area contributed by atoms with Gasteiger partial charge in [-0.1, -0.05) is 11.8 Å². The molecule has 0 amide bonds. The first-order valence-electron chi connectivity index (χ1n) is 4.37. The molecule has 0 saturated heterocycles. The standard InChI is InChI=1S/C9H13N3S/c1-12-4-3-8-7(6-12)5-10-9(11-8)13-2/h5H,3-4,6H2,1-2H3. The zero-order valence-electron chi connectivity index (χ0n) is 7.95. The molecule has 0 radical (unpaired) electrons. The summed E-state index contributed by atoms with van der Waals surface area (Å²) >= 11 is 1.61. The van der Waals surface area contributed by atoms with Crippen molar-refractivity contribution in [1.82, 2.24) is 14.9 Å². The molecule has 0 spiro atoms. The third-order valence-electron chi connectivity index (χ3n) is 2.29. The fourth-order valence-corrected chi connectivity index (χ4v) is 1.90. The van der Waals surface area contributed by atoms with Gasteiger partial charge in [0, 0.05) is 31.3 Å². The Balaban J connectivity index is 2.31. The van der Waals surface area contributed by atoms with Gasteiger partial charge in [-0.15, -0.1) is 0 Å². The van der Waals surface area contributed by atoms with Crippen LogP contribution in [0.2, 0.25) is 0 Å². The van der Waals surface area contributed by atoms with Crippen molar-refractivity contribution in [2.75, 3.05) is 19.8 Å². The predicted molar refractivity (Wildman–Crippen MR) is 53.9 cm³/mol. The van der Waals surface area contributed by atoms with E-state index in [1.54, 1.807) is 11.8 Å². The second-order valence-corrected chi connectivity index (χ2v) is 4.09. The molecule has 70 valence electrons. The molecule has 0 N–H and O–H groups in total. The van der Waals surface area contributed by atoms with Crippen molar-refractivity contribution < 1.29 is 0 Å². The zero-order chi connectivity index (χ0) is 9.26. The molecule has 13 heavy (non-hydrogen) atoms. The quantitative estimate of drug-likeness (QED) is 0.497. The summed E-state index contributed by atoms with van der Waals surface area (Å²) < 4.78 is 0. The Morgan fingerprint density at radius 1 is 1.54 bits per heavy atom. The molecule has 0 fully saturated rings. The van der Waals surface area contributed by atoms with Crippen molar-refractivity contribution in [2.24, 2.45) is 0 Å². The number of rotatable bonds is 1. The van der Waals surface area contributed by atoms with E-state index in [1.807, 2.05) is 12.5 Å². The summed E-state index contributed by atoms with van der Waals surface area (Å²) in [5, 5.41) is 0.892. The van der Waals surface area contributed by atoms with Crippen LogP contribution in [0.3, 0.4) is 0 Å². The highest BCUT2D eigenvalue weighted by molar-refractivity contribution is 7.98. The summed E-state index contributed by atoms with van der Waals surface area (Å²) in [7, 11) is 2.13. The minimum atomic E-state index is 0.892. The summed E-state index contributed by atoms with van der Waals surface area (Å²) in [6, 6.07) is 0. The van der Waals surface area contributed by atoms with E-state index in [9.17, 15) is 0 Å². The summed E-state index contributed by atoms with van der Waals surface area (Å²) in [5.41, 5.74) is 2.52. The van der Waals surface area contributed by atoms with E-state index in [0.29, 0.717) is 0 Å². The highest BCUT2D eigenvalue weighted by atomic mass is 32.2. The van der Waals surface area contributed by atoms with Crippen LogP contribution < -0.4 is 0 Å². The smallest absolute Gasteiger partial charge is 0.187 e. The molecule has 0 bridgehead atoms. The lowest BCUT2D eigenvalue weighted by Crippen LogP contribution is -2.27. The van der Waals surface area contributed by atoms with Gasteiger partial charge in [0.05, 0.1) is 5.69 Å². The van der Waals surface area contributed by atoms with Crippen LogP contribution in [0.4, 0.5) is 0 Å². The summed E-state index contributed by atoms with van der Waals surface area (Å²) in [6.07, 6.45) is 5.03. The predicted octanol–water partition coefficient (Wildman–Crippen LogP) is 1.19. The van der Waals surface area contributed by atoms with E-state index in [1.165, 1.54) is 11.3 Å². The summed E-state index contributed by atoms with van der Waals surface area (Å²) in [5.74, 6) is 0. The molecule has 1 aromatic rings. The monoisotopic (exact) mass is 195 g/mol. The third kappa shape index (κ3) is 1.84. The van der Waals surface area contributed by atoms with Crippen LogP contribution in [0.15, 0.2) is 11.4 Å². The molecule has 2 heterocycles. The number of aromatic nitrogens is 2. The lowest BCUT2D eigenvalue weighted by atomic mass is 10.1. The average molecular weight is 195 g/mol. The molecule has 1 aliphatic rings. The second kappa shape index (κ2) is 3.64. The Hall–Kier alpha value is -0.610. The van der Waals surface area contributed by atoms with Crippen LogP contribution in [0, 0.1) is 0 Å². The van der Waals surface area contributed by atoms with Crippen LogP contribution in [0.25, 0.3) is 0 Å². The van der Waals surface area contributed by atoms with E-state index in [2.05, 4.69) is 21.9 Å². The van der Waals surface area contributed by atoms with Crippen molar-refractivity contribution in [3.63, 3.8) is 0 Å². The largest absolute Gasteiger partial charge is 0.302 e. The van der Waals surface area contributed by atoms with Crippen LogP contribution in [0.5, 0.6) is 0 Å². The number of fused-ring (bicyclic) bond motifs is 1. The molecule has 1 aliphatic heterocycles. The molecule has 1 aromatic heterocycles. The van der Waals surface area contributed by atoms with E-state index < -0.39 is 0 Å². The van der Waals surface area contributed by atoms with Crippen LogP contribution in [0.1, 0.15) is 11.3 Å². The van der Waals surface area contributed by atoms with Crippen molar-refractivity contribution in [3.05, 3.63) is 17.5 Å². The van der Waals surface area contributed by atoms with Gasteiger partial charge in [0.1, 0.15) is 0 Å². The summed E-state index contributed by atoms with van der Waals surface area (Å²) in [4.78, 5) is 11.1. The van der Waals surface area contributed by atoms with Crippen molar-refractivity contribution in [1.29, 1.82) is 0 Å². The Morgan fingerprint density at radius 3 is 3.15 bits per heavy atom. The molecule has 0 unspecified atom stereocenters. The van der Waals surface area contributed by atoms with Crippen molar-refractivity contribution in [2.45, 2.75) is 18.1 Å². The Kier molecular flexibility index (Phi) is 2.51. The number of hydrogen-bond donors (Lipinski definition) is 0. The van der Waals surface area contributed by atoms with Gasteiger partial charge in [-0.3, -0.25) is 0 Å². The van der Waals surface area contributed by atoms with Gasteiger partial charge in [0.2, 0.25) is 0 Å². The van der Waals surface area contributed by atoms with Crippen molar-refractivity contribution in [3.8, 4) is 0 Å². The SMILES string of the molecule is CSc1ncc2c(n1)CCN(C)C2. The molecule has 4 heteroatoms. The van der Waals surface area contributed by atoms with Crippen molar-refractivity contribution >= 4 is 11.8 Å². The Morgan fingerprint density at radius 2 is 2.38 bits per heavy atom. The van der Waals surface area contributed by atoms with Crippen LogP contribution in [-0.2, 0) is 13.0 Å². The van der Waals surface area contributed by atoms with E-state index in [0.717, 1.165) is 24.7 Å². The maximum atomic E-state index is 4.49. The van der Waals surface area contributed by atoms with Crippen LogP contribution in [-0.4, -0.2) is 34.7 Å². The Bertz CT molecular complexity index is 314. The number of hydrogen-bond acceptors (Lipinski definition) is 4. The number of thioether (sulfide) groups is 1. The maximum absolute atomic E-state index is 4.49. The lowest BCUT2D eigenvalue weighted by Gasteiger charge is -2.23. The minimum absolute atomic E-state index is 0.892. The van der Waals surface area contributed by atoms with Gasteiger partial charge in [-0.05, 0) is 13.3 Å². The van der Waals surface area contributed by atoms with E-state index in [-0.39, 0.29) is 0 Å². The molecule has 3 nitrogen and oxygen atoms in total. The first kappa shape index (κ1) is 8.97. The average Bonchev–Trinajstić information content (AvgIpc) is 2.17. The topological polar surface area (TPSA) is 29.0 Å². The fraction of sp³-hybridized carbons (Fsp3) is 0.556. The van der Waals surface area contributed by atoms with E-state index in [4.69, 9.17) is 0 Å². The lowest BCUT2D eigenvalue weighted by molar-refractivity contribution is 0.308. The molecule has 2 rings (SSSR count). The van der Waals surface area contributed by atoms with Gasteiger partial charge in [0.15, 0.2) is 5.16 Å². The highest BCUT2D eigenvalue weighted by Crippen LogP contribution is 2.17. The molecule has 0 aliphatic carbocycles. The molecular weight excluding hydrogens is 182 g/mol. The molecule has 0 atom stereocenters. The molecule has 0 aromatic carbocycles. The van der Waals surface area contributed by atoms with Crippen LogP contribution >= 0.6 is 11.8 Å². The van der Waals surface area contributed by atoms with Gasteiger partial charge in [-0.25, -0.2) is 9.97 Å². The molecule has 0 saturated carbocycles. The second-order valence-electron chi connectivity index (χ2n) is 3.32. The minimum Gasteiger partial charge on any atom is -0.302 e. The number of likely N-dealkylation sites (N-methyl/N-ethyl adjacent to an activating group) is 1. The first-order chi connectivity index (χ1) is 6.29. The first-order valence-corrected chi connectivity index (χ1v) is 5.59. The normalized spacial score (nSPS) is 17.1. The van der Waals surface area contributed by atoms with Gasteiger partial charge < -0.3 is 4.90 Å². The highest BCUT2D eigenvalue weighted by Gasteiger charge is 2.14. The van der Waals surface area contributed by atoms with Gasteiger partial charge >= 0.3 is 0 Å². The fourth-order valence-electron chi connectivity index (χ4n) is 1.54. The van der Waals surface area contributed by atoms with Gasteiger partial charge in [-0.2, -0.15) is 0 Å². The maximum Gasteiger partial charge on any atom is 0.187 e. The van der Waals surface area contributed by atoms with Gasteiger partial charge in [0.25, 0.3) is 0 Å². The van der Waals surface area contributed by atoms with E-state index >= 15 is 0 Å². The summed E-state index contributed by atoms with van der Waals surface area (Å²) in [6.45, 7) is 2.10. The molecular formula is C9H13N3S.